The molecule has 1 aromatic heterocycles. The Bertz CT molecular complexity index is 3820. The molecule has 11 aromatic rings. The molecule has 10 aromatic carbocycles. The molecule has 11 rings (SSSR count). The van der Waals surface area contributed by atoms with Gasteiger partial charge in [-0.1, -0.05) is 176 Å². The van der Waals surface area contributed by atoms with E-state index < -0.39 is 42.3 Å². The van der Waals surface area contributed by atoms with Crippen molar-refractivity contribution in [3.05, 3.63) is 224 Å². The van der Waals surface area contributed by atoms with E-state index in [0.29, 0.717) is 16.8 Å². The van der Waals surface area contributed by atoms with Crippen molar-refractivity contribution in [3.63, 3.8) is 0 Å². The first kappa shape index (κ1) is 24.8. The number of nitrogens with zero attached hydrogens (tertiary/aromatic N) is 1. The highest BCUT2D eigenvalue weighted by atomic mass is 16.3. The van der Waals surface area contributed by atoms with Gasteiger partial charge in [-0.2, -0.15) is 0 Å². The van der Waals surface area contributed by atoms with Crippen LogP contribution in [0.5, 0.6) is 0 Å². The lowest BCUT2D eigenvalue weighted by Crippen LogP contribution is -2.10. The highest BCUT2D eigenvalue weighted by molar-refractivity contribution is 6.17. The SMILES string of the molecule is [2H]c1cc2c(-c3c([2H])c([2H])c([2H])c([2H])c3[2H])c([2H])c(-c3ccc(N(c4ccc(-c5ccccc5-c5ccccc5)cc4)c4cccc5c4oc4c6ccccc6ccc54)cc3)c([2H])c2c([2H])c1[2H]. The summed E-state index contributed by atoms with van der Waals surface area (Å²) in [4.78, 5) is 2.09. The molecule has 0 aliphatic carbocycles. The first-order valence-corrected chi connectivity index (χ1v) is 19.0. The normalized spacial score (nSPS) is 13.9. The van der Waals surface area contributed by atoms with Crippen LogP contribution < -0.4 is 4.90 Å². The fraction of sp³-hybridized carbons (Fsp3) is 0. The van der Waals surface area contributed by atoms with E-state index in [1.807, 2.05) is 66.7 Å². The van der Waals surface area contributed by atoms with Crippen molar-refractivity contribution in [2.24, 2.45) is 0 Å². The van der Waals surface area contributed by atoms with Gasteiger partial charge in [0, 0.05) is 27.5 Å². The summed E-state index contributed by atoms with van der Waals surface area (Å²) in [7, 11) is 0. The Labute approximate surface area is 351 Å². The van der Waals surface area contributed by atoms with Crippen LogP contribution in [-0.4, -0.2) is 0 Å². The minimum atomic E-state index is -0.607. The second-order valence-electron chi connectivity index (χ2n) is 14.1. The van der Waals surface area contributed by atoms with Gasteiger partial charge in [-0.3, -0.25) is 0 Å². The Hall–Kier alpha value is -7.68. The molecule has 0 saturated carbocycles. The molecule has 0 unspecified atom stereocenters. The van der Waals surface area contributed by atoms with Gasteiger partial charge in [-0.05, 0) is 109 Å². The number of para-hydroxylation sites is 1. The van der Waals surface area contributed by atoms with Crippen molar-refractivity contribution in [3.8, 4) is 44.5 Å². The zero-order chi connectivity index (χ0) is 47.1. The standard InChI is InChI=1S/C56H37NO/c1-3-14-39(15-4-1)47-20-11-12-21-48(47)42-28-33-46(34-29-42)57(54-25-13-24-51-52-35-30-41-18-7-10-23-50(41)55(52)58-56(51)54)45-31-26-38(27-32-45)44-36-43-19-8-9-22-49(43)53(37-44)40-16-5-2-6-17-40/h1-37H/i2D,5D,6D,8D,9D,16D,17D,19D,36D,37D. The molecule has 1 heterocycles. The van der Waals surface area contributed by atoms with Crippen molar-refractivity contribution < 1.29 is 18.1 Å². The Kier molecular flexibility index (Phi) is 6.02. The quantitative estimate of drug-likeness (QED) is 0.161. The van der Waals surface area contributed by atoms with Gasteiger partial charge in [-0.25, -0.2) is 0 Å². The molecule has 0 atom stereocenters. The van der Waals surface area contributed by atoms with Crippen LogP contribution in [0.3, 0.4) is 0 Å². The minimum absolute atomic E-state index is 0.0117. The number of hydrogen-bond donors (Lipinski definition) is 0. The third-order valence-corrected chi connectivity index (χ3v) is 10.7. The average molecular weight is 750 g/mol. The number of hydrogen-bond acceptors (Lipinski definition) is 2. The van der Waals surface area contributed by atoms with E-state index in [-0.39, 0.29) is 45.6 Å². The fourth-order valence-electron chi connectivity index (χ4n) is 7.99. The maximum atomic E-state index is 9.65. The van der Waals surface area contributed by atoms with Crippen molar-refractivity contribution in [2.75, 3.05) is 4.90 Å². The molecule has 0 aliphatic heterocycles. The Morgan fingerprint density at radius 3 is 1.76 bits per heavy atom. The van der Waals surface area contributed by atoms with E-state index in [2.05, 4.69) is 83.8 Å². The van der Waals surface area contributed by atoms with Crippen molar-refractivity contribution in [1.29, 1.82) is 0 Å². The third kappa shape index (κ3) is 5.82. The fourth-order valence-corrected chi connectivity index (χ4v) is 7.99. The minimum Gasteiger partial charge on any atom is -0.453 e. The van der Waals surface area contributed by atoms with E-state index in [0.717, 1.165) is 60.8 Å². The van der Waals surface area contributed by atoms with E-state index >= 15 is 0 Å². The van der Waals surface area contributed by atoms with E-state index in [4.69, 9.17) is 15.4 Å². The van der Waals surface area contributed by atoms with Crippen LogP contribution in [0.25, 0.3) is 88.0 Å². The summed E-state index contributed by atoms with van der Waals surface area (Å²) >= 11 is 0. The van der Waals surface area contributed by atoms with E-state index in [1.54, 1.807) is 12.1 Å². The summed E-state index contributed by atoms with van der Waals surface area (Å²) < 4.78 is 94.7. The predicted octanol–water partition coefficient (Wildman–Crippen LogP) is 16.0. The molecule has 0 bridgehead atoms. The predicted molar refractivity (Wildman–Crippen MR) is 245 cm³/mol. The van der Waals surface area contributed by atoms with Crippen molar-refractivity contribution >= 4 is 60.5 Å². The number of furan rings is 1. The first-order valence-electron chi connectivity index (χ1n) is 24.0. The van der Waals surface area contributed by atoms with Crippen LogP contribution in [0, 0.1) is 0 Å². The summed E-state index contributed by atoms with van der Waals surface area (Å²) in [6.07, 6.45) is 0. The van der Waals surface area contributed by atoms with Crippen LogP contribution in [0.4, 0.5) is 17.1 Å². The zero-order valence-corrected chi connectivity index (χ0v) is 30.9. The molecule has 0 amide bonds. The lowest BCUT2D eigenvalue weighted by Gasteiger charge is -2.26. The smallest absolute Gasteiger partial charge is 0.159 e. The Morgan fingerprint density at radius 1 is 0.345 bits per heavy atom. The summed E-state index contributed by atoms with van der Waals surface area (Å²) in [6, 6.07) is 49.0. The molecular formula is C56H37NO. The first-order chi connectivity index (χ1) is 32.9. The van der Waals surface area contributed by atoms with Gasteiger partial charge in [0.2, 0.25) is 0 Å². The highest BCUT2D eigenvalue weighted by Crippen LogP contribution is 2.45. The molecule has 272 valence electrons. The number of anilines is 3. The van der Waals surface area contributed by atoms with Gasteiger partial charge in [0.25, 0.3) is 0 Å². The van der Waals surface area contributed by atoms with Gasteiger partial charge >= 0.3 is 0 Å². The topological polar surface area (TPSA) is 16.4 Å². The summed E-state index contributed by atoms with van der Waals surface area (Å²) in [5.41, 5.74) is 8.08. The molecule has 0 saturated heterocycles. The van der Waals surface area contributed by atoms with Crippen LogP contribution in [-0.2, 0) is 0 Å². The second-order valence-corrected chi connectivity index (χ2v) is 14.1. The van der Waals surface area contributed by atoms with Gasteiger partial charge < -0.3 is 9.32 Å². The van der Waals surface area contributed by atoms with Crippen LogP contribution in [0.1, 0.15) is 13.7 Å². The molecule has 2 heteroatoms. The van der Waals surface area contributed by atoms with E-state index in [9.17, 15) is 2.74 Å². The lowest BCUT2D eigenvalue weighted by molar-refractivity contribution is 0.673. The molecule has 58 heavy (non-hydrogen) atoms. The van der Waals surface area contributed by atoms with Gasteiger partial charge in [0.1, 0.15) is 5.58 Å². The average Bonchev–Trinajstić information content (AvgIpc) is 3.76. The molecule has 0 fully saturated rings. The number of benzene rings is 10. The molecule has 0 N–H and O–H groups in total. The molecular weight excluding hydrogens is 703 g/mol. The van der Waals surface area contributed by atoms with E-state index in [1.165, 1.54) is 6.07 Å². The zero-order valence-electron chi connectivity index (χ0n) is 40.9. The lowest BCUT2D eigenvalue weighted by atomic mass is 9.93. The summed E-state index contributed by atoms with van der Waals surface area (Å²) in [5, 5.41) is 3.90. The highest BCUT2D eigenvalue weighted by Gasteiger charge is 2.21. The van der Waals surface area contributed by atoms with Crippen LogP contribution in [0.2, 0.25) is 0 Å². The Balaban J connectivity index is 1.11. The van der Waals surface area contributed by atoms with Crippen molar-refractivity contribution in [1.82, 2.24) is 0 Å². The second kappa shape index (κ2) is 14.1. The maximum Gasteiger partial charge on any atom is 0.159 e. The molecule has 0 radical (unpaired) electrons. The summed E-state index contributed by atoms with van der Waals surface area (Å²) in [6.45, 7) is 0. The monoisotopic (exact) mass is 749 g/mol. The Morgan fingerprint density at radius 2 is 0.983 bits per heavy atom. The third-order valence-electron chi connectivity index (χ3n) is 10.7. The molecule has 0 spiro atoms. The molecule has 0 aliphatic rings. The van der Waals surface area contributed by atoms with Crippen molar-refractivity contribution in [2.45, 2.75) is 0 Å². The van der Waals surface area contributed by atoms with Gasteiger partial charge in [0.15, 0.2) is 5.58 Å². The number of rotatable bonds is 7. The van der Waals surface area contributed by atoms with Crippen LogP contribution >= 0.6 is 0 Å². The van der Waals surface area contributed by atoms with Gasteiger partial charge in [-0.15, -0.1) is 0 Å². The maximum absolute atomic E-state index is 9.65. The van der Waals surface area contributed by atoms with Crippen LogP contribution in [0.15, 0.2) is 229 Å². The largest absolute Gasteiger partial charge is 0.453 e. The molecule has 2 nitrogen and oxygen atoms in total. The van der Waals surface area contributed by atoms with Gasteiger partial charge in [0.05, 0.1) is 19.4 Å². The number of fused-ring (bicyclic) bond motifs is 6. The summed E-state index contributed by atoms with van der Waals surface area (Å²) in [5.74, 6) is 0.